The summed E-state index contributed by atoms with van der Waals surface area (Å²) < 4.78 is 25.0. The zero-order chi connectivity index (χ0) is 23.4. The number of halogens is 1. The first-order valence-electron chi connectivity index (χ1n) is 10.6. The lowest BCUT2D eigenvalue weighted by atomic mass is 10.2. The second-order valence-electron chi connectivity index (χ2n) is 7.76. The van der Waals surface area contributed by atoms with E-state index in [0.29, 0.717) is 40.0 Å². The van der Waals surface area contributed by atoms with Gasteiger partial charge in [0.1, 0.15) is 33.4 Å². The SMILES string of the molecule is Cc1c(C(=O)OCCc2ccccc2)sc2ncnc(Nc3ccc(F)cc3OC(C)C)c12. The zero-order valence-corrected chi connectivity index (χ0v) is 19.4. The second-order valence-corrected chi connectivity index (χ2v) is 8.76. The minimum absolute atomic E-state index is 0.127. The molecule has 0 spiro atoms. The van der Waals surface area contributed by atoms with E-state index >= 15 is 0 Å². The van der Waals surface area contributed by atoms with Gasteiger partial charge in [0, 0.05) is 12.5 Å². The van der Waals surface area contributed by atoms with Crippen molar-refractivity contribution in [2.45, 2.75) is 33.3 Å². The highest BCUT2D eigenvalue weighted by molar-refractivity contribution is 7.20. The fourth-order valence-electron chi connectivity index (χ4n) is 3.41. The van der Waals surface area contributed by atoms with Crippen LogP contribution in [-0.4, -0.2) is 28.6 Å². The number of anilines is 2. The Hall–Kier alpha value is -3.52. The predicted molar refractivity (Wildman–Crippen MR) is 128 cm³/mol. The van der Waals surface area contributed by atoms with Gasteiger partial charge in [-0.25, -0.2) is 19.2 Å². The van der Waals surface area contributed by atoms with Crippen molar-refractivity contribution in [1.29, 1.82) is 0 Å². The molecule has 0 bridgehead atoms. The average Bonchev–Trinajstić information content (AvgIpc) is 3.13. The van der Waals surface area contributed by atoms with Gasteiger partial charge in [-0.2, -0.15) is 0 Å². The molecule has 6 nitrogen and oxygen atoms in total. The molecule has 4 rings (SSSR count). The molecule has 0 fully saturated rings. The van der Waals surface area contributed by atoms with Crippen LogP contribution in [-0.2, 0) is 11.2 Å². The number of aromatic nitrogens is 2. The van der Waals surface area contributed by atoms with Crippen molar-refractivity contribution >= 4 is 39.0 Å². The van der Waals surface area contributed by atoms with Crippen LogP contribution in [0, 0.1) is 12.7 Å². The lowest BCUT2D eigenvalue weighted by molar-refractivity contribution is 0.0514. The van der Waals surface area contributed by atoms with Gasteiger partial charge in [0.25, 0.3) is 0 Å². The average molecular weight is 466 g/mol. The molecule has 0 aliphatic rings. The standard InChI is InChI=1S/C25H24FN3O3S/c1-15(2)32-20-13-18(26)9-10-19(20)29-23-21-16(3)22(33-24(21)28-14-27-23)25(30)31-12-11-17-7-5-4-6-8-17/h4-10,13-15H,11-12H2,1-3H3,(H,27,28,29). The van der Waals surface area contributed by atoms with Crippen molar-refractivity contribution in [3.8, 4) is 5.75 Å². The molecule has 0 unspecified atom stereocenters. The van der Waals surface area contributed by atoms with Gasteiger partial charge in [-0.3, -0.25) is 0 Å². The summed E-state index contributed by atoms with van der Waals surface area (Å²) in [5.41, 5.74) is 2.41. The quantitative estimate of drug-likeness (QED) is 0.319. The Morgan fingerprint density at radius 3 is 2.70 bits per heavy atom. The van der Waals surface area contributed by atoms with Gasteiger partial charge in [-0.1, -0.05) is 30.3 Å². The van der Waals surface area contributed by atoms with E-state index in [-0.39, 0.29) is 12.1 Å². The number of benzene rings is 2. The molecule has 4 aromatic rings. The number of esters is 1. The molecule has 2 heterocycles. The molecule has 0 aliphatic carbocycles. The van der Waals surface area contributed by atoms with Crippen molar-refractivity contribution in [3.05, 3.63) is 76.7 Å². The number of thiophene rings is 1. The third-order valence-corrected chi connectivity index (χ3v) is 6.12. The van der Waals surface area contributed by atoms with Gasteiger partial charge in [0.05, 0.1) is 23.8 Å². The molecule has 0 amide bonds. The smallest absolute Gasteiger partial charge is 0.348 e. The molecule has 8 heteroatoms. The molecule has 1 N–H and O–H groups in total. The maximum Gasteiger partial charge on any atom is 0.348 e. The van der Waals surface area contributed by atoms with Crippen LogP contribution in [0.5, 0.6) is 5.75 Å². The molecular formula is C25H24FN3O3S. The van der Waals surface area contributed by atoms with E-state index in [0.717, 1.165) is 16.5 Å². The molecule has 0 saturated heterocycles. The van der Waals surface area contributed by atoms with Gasteiger partial charge in [-0.05, 0) is 44.0 Å². The number of rotatable bonds is 8. The van der Waals surface area contributed by atoms with Crippen LogP contribution in [0.4, 0.5) is 15.9 Å². The van der Waals surface area contributed by atoms with E-state index in [1.165, 1.54) is 29.8 Å². The largest absolute Gasteiger partial charge is 0.489 e. The van der Waals surface area contributed by atoms with Crippen LogP contribution >= 0.6 is 11.3 Å². The number of hydrogen-bond acceptors (Lipinski definition) is 7. The molecule has 2 aromatic heterocycles. The van der Waals surface area contributed by atoms with E-state index < -0.39 is 5.82 Å². The van der Waals surface area contributed by atoms with E-state index in [4.69, 9.17) is 9.47 Å². The topological polar surface area (TPSA) is 73.3 Å². The molecule has 0 radical (unpaired) electrons. The van der Waals surface area contributed by atoms with E-state index in [1.54, 1.807) is 6.07 Å². The zero-order valence-electron chi connectivity index (χ0n) is 18.6. The highest BCUT2D eigenvalue weighted by atomic mass is 32.1. The maximum atomic E-state index is 13.8. The summed E-state index contributed by atoms with van der Waals surface area (Å²) in [7, 11) is 0. The van der Waals surface area contributed by atoms with Gasteiger partial charge in [-0.15, -0.1) is 11.3 Å². The van der Waals surface area contributed by atoms with Crippen molar-refractivity contribution in [2.75, 3.05) is 11.9 Å². The number of hydrogen-bond donors (Lipinski definition) is 1. The van der Waals surface area contributed by atoms with Crippen molar-refractivity contribution in [3.63, 3.8) is 0 Å². The molecule has 0 saturated carbocycles. The molecule has 0 atom stereocenters. The predicted octanol–water partition coefficient (Wildman–Crippen LogP) is 6.07. The fourth-order valence-corrected chi connectivity index (χ4v) is 4.45. The van der Waals surface area contributed by atoms with Gasteiger partial charge >= 0.3 is 5.97 Å². The lowest BCUT2D eigenvalue weighted by Gasteiger charge is -2.15. The summed E-state index contributed by atoms with van der Waals surface area (Å²) >= 11 is 1.26. The van der Waals surface area contributed by atoms with E-state index in [9.17, 15) is 9.18 Å². The fraction of sp³-hybridized carbons (Fsp3) is 0.240. The van der Waals surface area contributed by atoms with Crippen LogP contribution in [0.25, 0.3) is 10.2 Å². The van der Waals surface area contributed by atoms with Gasteiger partial charge in [0.2, 0.25) is 0 Å². The summed E-state index contributed by atoms with van der Waals surface area (Å²) in [6.45, 7) is 5.88. The monoisotopic (exact) mass is 465 g/mol. The summed E-state index contributed by atoms with van der Waals surface area (Å²) in [6, 6.07) is 14.1. The van der Waals surface area contributed by atoms with Crippen LogP contribution in [0.15, 0.2) is 54.9 Å². The molecular weight excluding hydrogens is 441 g/mol. The summed E-state index contributed by atoms with van der Waals surface area (Å²) in [6.07, 6.45) is 1.95. The molecule has 33 heavy (non-hydrogen) atoms. The van der Waals surface area contributed by atoms with Crippen molar-refractivity contribution in [1.82, 2.24) is 9.97 Å². The number of aryl methyl sites for hydroxylation is 1. The van der Waals surface area contributed by atoms with Crippen LogP contribution < -0.4 is 10.1 Å². The Kier molecular flexibility index (Phi) is 6.84. The lowest BCUT2D eigenvalue weighted by Crippen LogP contribution is -2.08. The van der Waals surface area contributed by atoms with Crippen LogP contribution in [0.2, 0.25) is 0 Å². The van der Waals surface area contributed by atoms with E-state index in [1.807, 2.05) is 51.1 Å². The third-order valence-electron chi connectivity index (χ3n) is 4.94. The first kappa shape index (κ1) is 22.7. The summed E-state index contributed by atoms with van der Waals surface area (Å²) in [4.78, 5) is 22.6. The normalized spacial score (nSPS) is 11.1. The van der Waals surface area contributed by atoms with E-state index in [2.05, 4.69) is 15.3 Å². The highest BCUT2D eigenvalue weighted by Gasteiger charge is 2.21. The van der Waals surface area contributed by atoms with Crippen molar-refractivity contribution in [2.24, 2.45) is 0 Å². The van der Waals surface area contributed by atoms with Gasteiger partial charge in [0.15, 0.2) is 0 Å². The van der Waals surface area contributed by atoms with Crippen LogP contribution in [0.3, 0.4) is 0 Å². The Morgan fingerprint density at radius 2 is 1.94 bits per heavy atom. The maximum absolute atomic E-state index is 13.8. The summed E-state index contributed by atoms with van der Waals surface area (Å²) in [5, 5.41) is 3.94. The Labute approximate surface area is 195 Å². The minimum Gasteiger partial charge on any atom is -0.489 e. The number of fused-ring (bicyclic) bond motifs is 1. The minimum atomic E-state index is -0.392. The number of carbonyl (C=O) groups excluding carboxylic acids is 1. The first-order chi connectivity index (χ1) is 15.9. The number of nitrogens with zero attached hydrogens (tertiary/aromatic N) is 2. The highest BCUT2D eigenvalue weighted by Crippen LogP contribution is 2.37. The molecule has 170 valence electrons. The Bertz CT molecular complexity index is 1270. The number of ether oxygens (including phenoxy) is 2. The third kappa shape index (κ3) is 5.28. The summed E-state index contributed by atoms with van der Waals surface area (Å²) in [5.74, 6) is 0.113. The Balaban J connectivity index is 1.57. The Morgan fingerprint density at radius 1 is 1.15 bits per heavy atom. The first-order valence-corrected chi connectivity index (χ1v) is 11.4. The van der Waals surface area contributed by atoms with Crippen LogP contribution in [0.1, 0.15) is 34.6 Å². The number of carbonyl (C=O) groups is 1. The number of nitrogens with one attached hydrogen (secondary N) is 1. The van der Waals surface area contributed by atoms with Gasteiger partial charge < -0.3 is 14.8 Å². The second kappa shape index (κ2) is 9.95. The molecule has 2 aromatic carbocycles. The van der Waals surface area contributed by atoms with Crippen molar-refractivity contribution < 1.29 is 18.7 Å². The molecule has 0 aliphatic heterocycles.